The van der Waals surface area contributed by atoms with E-state index >= 15 is 0 Å². The third kappa shape index (κ3) is 5.21. The molecule has 5 rings (SSSR count). The third-order valence-electron chi connectivity index (χ3n) is 6.59. The summed E-state index contributed by atoms with van der Waals surface area (Å²) in [5.41, 5.74) is 8.75. The Bertz CT molecular complexity index is 1160. The van der Waals surface area contributed by atoms with Crippen molar-refractivity contribution in [2.75, 3.05) is 90.4 Å². The molecule has 0 unspecified atom stereocenters. The Labute approximate surface area is 204 Å². The molecule has 1 aromatic carbocycles. The van der Waals surface area contributed by atoms with Crippen LogP contribution in [0, 0.1) is 0 Å². The monoisotopic (exact) mass is 480 g/mol. The number of fused-ring (bicyclic) bond motifs is 1. The lowest BCUT2D eigenvalue weighted by Crippen LogP contribution is -2.49. The predicted molar refractivity (Wildman–Crippen MR) is 134 cm³/mol. The largest absolute Gasteiger partial charge is 0.493 e. The minimum atomic E-state index is 0.204. The predicted octanol–water partition coefficient (Wildman–Crippen LogP) is 1.14. The van der Waals surface area contributed by atoms with Crippen molar-refractivity contribution in [1.29, 1.82) is 0 Å². The van der Waals surface area contributed by atoms with Crippen LogP contribution in [0.2, 0.25) is 0 Å². The van der Waals surface area contributed by atoms with E-state index in [0.717, 1.165) is 77.0 Å². The highest BCUT2D eigenvalue weighted by Gasteiger charge is 2.23. The van der Waals surface area contributed by atoms with Crippen molar-refractivity contribution in [2.45, 2.75) is 0 Å². The van der Waals surface area contributed by atoms with Crippen LogP contribution in [0.3, 0.4) is 0 Å². The summed E-state index contributed by atoms with van der Waals surface area (Å²) in [5, 5.41) is 0. The maximum atomic E-state index is 6.03. The van der Waals surface area contributed by atoms with E-state index in [2.05, 4.69) is 29.7 Å². The van der Waals surface area contributed by atoms with Crippen LogP contribution < -0.4 is 20.1 Å². The van der Waals surface area contributed by atoms with E-state index in [1.807, 2.05) is 18.2 Å². The van der Waals surface area contributed by atoms with Gasteiger partial charge in [-0.15, -0.1) is 0 Å². The van der Waals surface area contributed by atoms with Gasteiger partial charge in [0, 0.05) is 57.9 Å². The first-order valence-corrected chi connectivity index (χ1v) is 11.9. The Balaban J connectivity index is 1.34. The summed E-state index contributed by atoms with van der Waals surface area (Å²) in [7, 11) is 3.23. The van der Waals surface area contributed by atoms with E-state index in [4.69, 9.17) is 24.9 Å². The number of methoxy groups -OCH3 is 2. The van der Waals surface area contributed by atoms with Gasteiger partial charge in [0.25, 0.3) is 0 Å². The molecule has 2 saturated heterocycles. The van der Waals surface area contributed by atoms with Crippen LogP contribution in [-0.2, 0) is 4.74 Å². The second-order valence-corrected chi connectivity index (χ2v) is 8.69. The van der Waals surface area contributed by atoms with E-state index in [0.29, 0.717) is 28.4 Å². The Morgan fingerprint density at radius 3 is 2.31 bits per heavy atom. The van der Waals surface area contributed by atoms with Crippen molar-refractivity contribution in [1.82, 2.24) is 29.7 Å². The summed E-state index contributed by atoms with van der Waals surface area (Å²) in [4.78, 5) is 25.5. The average molecular weight is 481 g/mol. The number of nitrogens with two attached hydrogens (primary N) is 1. The lowest BCUT2D eigenvalue weighted by molar-refractivity contribution is 0.0331. The molecule has 4 heterocycles. The molecule has 0 saturated carbocycles. The molecule has 11 nitrogen and oxygen atoms in total. The first kappa shape index (κ1) is 23.5. The number of nitrogen functional groups attached to an aromatic ring is 1. The Morgan fingerprint density at radius 2 is 1.60 bits per heavy atom. The van der Waals surface area contributed by atoms with Crippen molar-refractivity contribution < 1.29 is 14.2 Å². The number of rotatable bonds is 7. The number of hydrogen-bond donors (Lipinski definition) is 1. The van der Waals surface area contributed by atoms with Gasteiger partial charge in [0.15, 0.2) is 28.5 Å². The molecule has 2 aliphatic rings. The van der Waals surface area contributed by atoms with Crippen LogP contribution >= 0.6 is 0 Å². The zero-order chi connectivity index (χ0) is 24.2. The molecule has 2 aliphatic heterocycles. The summed E-state index contributed by atoms with van der Waals surface area (Å²) < 4.78 is 16.3. The maximum Gasteiger partial charge on any atom is 0.224 e. The van der Waals surface area contributed by atoms with Gasteiger partial charge in [-0.1, -0.05) is 0 Å². The van der Waals surface area contributed by atoms with E-state index in [1.165, 1.54) is 0 Å². The number of ether oxygens (including phenoxy) is 3. The molecular weight excluding hydrogens is 448 g/mol. The summed E-state index contributed by atoms with van der Waals surface area (Å²) in [6.07, 6.45) is 1.70. The van der Waals surface area contributed by atoms with Crippen LogP contribution in [0.4, 0.5) is 11.8 Å². The molecule has 3 aromatic rings. The highest BCUT2D eigenvalue weighted by molar-refractivity contribution is 5.86. The number of aromatic nitrogens is 4. The normalized spacial score (nSPS) is 17.6. The van der Waals surface area contributed by atoms with E-state index in [-0.39, 0.29) is 5.95 Å². The van der Waals surface area contributed by atoms with Gasteiger partial charge in [-0.2, -0.15) is 9.97 Å². The molecule has 0 radical (unpaired) electrons. The molecule has 0 bridgehead atoms. The SMILES string of the molecule is COc1ccc(-c2cnc3nc(N)nc(N4CCN(CCN5CCOCC5)CC4)c3n2)cc1OC. The lowest BCUT2D eigenvalue weighted by Gasteiger charge is -2.37. The molecule has 2 fully saturated rings. The van der Waals surface area contributed by atoms with Gasteiger partial charge in [0.2, 0.25) is 5.95 Å². The highest BCUT2D eigenvalue weighted by atomic mass is 16.5. The van der Waals surface area contributed by atoms with Gasteiger partial charge in [-0.05, 0) is 18.2 Å². The Kier molecular flexibility index (Phi) is 7.07. The van der Waals surface area contributed by atoms with Gasteiger partial charge in [0.1, 0.15) is 0 Å². The zero-order valence-corrected chi connectivity index (χ0v) is 20.3. The van der Waals surface area contributed by atoms with Crippen molar-refractivity contribution in [2.24, 2.45) is 0 Å². The number of anilines is 2. The number of benzene rings is 1. The summed E-state index contributed by atoms with van der Waals surface area (Å²) >= 11 is 0. The molecule has 35 heavy (non-hydrogen) atoms. The van der Waals surface area contributed by atoms with E-state index in [1.54, 1.807) is 20.4 Å². The van der Waals surface area contributed by atoms with Gasteiger partial charge in [0.05, 0.1) is 39.3 Å². The molecule has 0 atom stereocenters. The quantitative estimate of drug-likeness (QED) is 0.525. The van der Waals surface area contributed by atoms with Gasteiger partial charge < -0.3 is 24.8 Å². The van der Waals surface area contributed by atoms with Crippen LogP contribution in [-0.4, -0.2) is 110 Å². The first-order chi connectivity index (χ1) is 17.1. The number of morpholine rings is 1. The molecular formula is C24H32N8O3. The zero-order valence-electron chi connectivity index (χ0n) is 20.3. The molecule has 0 aliphatic carbocycles. The minimum Gasteiger partial charge on any atom is -0.493 e. The Morgan fingerprint density at radius 1 is 0.886 bits per heavy atom. The molecule has 2 aromatic heterocycles. The standard InChI is InChI=1S/C24H32N8O3/c1-33-19-4-3-17(15-20(19)34-2)18-16-26-22-21(27-18)23(29-24(25)28-22)32-9-7-30(8-10-32)5-6-31-11-13-35-14-12-31/h3-4,15-16H,5-14H2,1-2H3,(H2,25,26,28,29). The number of hydrogen-bond acceptors (Lipinski definition) is 11. The van der Waals surface area contributed by atoms with E-state index < -0.39 is 0 Å². The van der Waals surface area contributed by atoms with Gasteiger partial charge in [-0.3, -0.25) is 9.80 Å². The van der Waals surface area contributed by atoms with Crippen LogP contribution in [0.5, 0.6) is 11.5 Å². The second kappa shape index (κ2) is 10.5. The third-order valence-corrected chi connectivity index (χ3v) is 6.59. The van der Waals surface area contributed by atoms with Crippen LogP contribution in [0.25, 0.3) is 22.4 Å². The summed E-state index contributed by atoms with van der Waals surface area (Å²) in [6, 6.07) is 5.68. The van der Waals surface area contributed by atoms with Crippen molar-refractivity contribution in [3.8, 4) is 22.8 Å². The summed E-state index contributed by atoms with van der Waals surface area (Å²) in [5.74, 6) is 2.23. The second-order valence-electron chi connectivity index (χ2n) is 8.69. The van der Waals surface area contributed by atoms with E-state index in [9.17, 15) is 0 Å². The van der Waals surface area contributed by atoms with Gasteiger partial charge >= 0.3 is 0 Å². The highest BCUT2D eigenvalue weighted by Crippen LogP contribution is 2.32. The topological polar surface area (TPSA) is 115 Å². The molecule has 2 N–H and O–H groups in total. The fourth-order valence-electron chi connectivity index (χ4n) is 4.56. The average Bonchev–Trinajstić information content (AvgIpc) is 2.91. The van der Waals surface area contributed by atoms with Crippen LogP contribution in [0.15, 0.2) is 24.4 Å². The molecule has 186 valence electrons. The van der Waals surface area contributed by atoms with Crippen molar-refractivity contribution >= 4 is 22.9 Å². The van der Waals surface area contributed by atoms with Gasteiger partial charge in [-0.25, -0.2) is 9.97 Å². The number of nitrogens with zero attached hydrogens (tertiary/aromatic N) is 7. The molecule has 0 amide bonds. The van der Waals surface area contributed by atoms with Crippen molar-refractivity contribution in [3.05, 3.63) is 24.4 Å². The number of piperazine rings is 1. The maximum absolute atomic E-state index is 6.03. The van der Waals surface area contributed by atoms with Crippen molar-refractivity contribution in [3.63, 3.8) is 0 Å². The lowest BCUT2D eigenvalue weighted by atomic mass is 10.1. The fourth-order valence-corrected chi connectivity index (χ4v) is 4.56. The minimum absolute atomic E-state index is 0.204. The smallest absolute Gasteiger partial charge is 0.224 e. The Hall–Kier alpha value is -3.28. The molecule has 11 heteroatoms. The molecule has 0 spiro atoms. The first-order valence-electron chi connectivity index (χ1n) is 11.9. The van der Waals surface area contributed by atoms with Crippen LogP contribution in [0.1, 0.15) is 0 Å². The summed E-state index contributed by atoms with van der Waals surface area (Å²) in [6.45, 7) is 9.45. The fraction of sp³-hybridized carbons (Fsp3) is 0.500.